The molecule has 0 spiro atoms. The van der Waals surface area contributed by atoms with Crippen molar-refractivity contribution >= 4 is 11.6 Å². The van der Waals surface area contributed by atoms with Crippen molar-refractivity contribution in [1.29, 1.82) is 0 Å². The van der Waals surface area contributed by atoms with Crippen LogP contribution >= 0.6 is 0 Å². The molecule has 1 aliphatic rings. The third-order valence-electron chi connectivity index (χ3n) is 3.19. The van der Waals surface area contributed by atoms with E-state index in [-0.39, 0.29) is 5.91 Å². The lowest BCUT2D eigenvalue weighted by molar-refractivity contribution is -0.121. The molecule has 1 aromatic rings. The van der Waals surface area contributed by atoms with Crippen LogP contribution in [0.3, 0.4) is 0 Å². The number of nitrogens with zero attached hydrogens (tertiary/aromatic N) is 1. The van der Waals surface area contributed by atoms with E-state index in [1.807, 2.05) is 18.2 Å². The van der Waals surface area contributed by atoms with Gasteiger partial charge in [-0.1, -0.05) is 18.2 Å². The molecule has 0 aromatic heterocycles. The molecule has 0 saturated carbocycles. The van der Waals surface area contributed by atoms with Crippen molar-refractivity contribution < 1.29 is 9.53 Å². The van der Waals surface area contributed by atoms with Crippen LogP contribution in [-0.2, 0) is 16.1 Å². The highest BCUT2D eigenvalue weighted by Gasteiger charge is 2.14. The lowest BCUT2D eigenvalue weighted by atomic mass is 10.1. The molecule has 0 atom stereocenters. The second-order valence-electron chi connectivity index (χ2n) is 4.54. The topological polar surface area (TPSA) is 67.6 Å². The Bertz CT molecular complexity index is 417. The Morgan fingerprint density at radius 1 is 1.32 bits per heavy atom. The number of carbonyl (C=O) groups is 1. The number of anilines is 1. The van der Waals surface area contributed by atoms with Crippen LogP contribution in [0.5, 0.6) is 0 Å². The van der Waals surface area contributed by atoms with Gasteiger partial charge in [0.1, 0.15) is 0 Å². The number of amides is 1. The first-order valence-corrected chi connectivity index (χ1v) is 6.68. The van der Waals surface area contributed by atoms with Gasteiger partial charge in [-0.2, -0.15) is 0 Å². The van der Waals surface area contributed by atoms with Crippen LogP contribution in [0.4, 0.5) is 5.69 Å². The number of rotatable bonds is 5. The van der Waals surface area contributed by atoms with Gasteiger partial charge in [-0.3, -0.25) is 4.79 Å². The number of nitrogens with one attached hydrogen (secondary N) is 1. The van der Waals surface area contributed by atoms with Gasteiger partial charge in [0.05, 0.1) is 13.2 Å². The number of carbonyl (C=O) groups excluding carboxylic acids is 1. The van der Waals surface area contributed by atoms with Crippen molar-refractivity contribution in [3.63, 3.8) is 0 Å². The van der Waals surface area contributed by atoms with E-state index in [1.165, 1.54) is 5.69 Å². The maximum absolute atomic E-state index is 11.5. The Balaban J connectivity index is 2.01. The average molecular weight is 263 g/mol. The van der Waals surface area contributed by atoms with Gasteiger partial charge in [0.2, 0.25) is 5.91 Å². The molecule has 0 aliphatic carbocycles. The molecule has 1 aliphatic heterocycles. The van der Waals surface area contributed by atoms with Gasteiger partial charge >= 0.3 is 0 Å². The second kappa shape index (κ2) is 7.11. The van der Waals surface area contributed by atoms with E-state index in [0.717, 1.165) is 31.9 Å². The molecule has 5 nitrogen and oxygen atoms in total. The molecular formula is C14H21N3O2. The van der Waals surface area contributed by atoms with Crippen molar-refractivity contribution in [2.45, 2.75) is 13.0 Å². The number of nitrogens with two attached hydrogens (primary N) is 1. The Labute approximate surface area is 113 Å². The predicted molar refractivity (Wildman–Crippen MR) is 75.0 cm³/mol. The summed E-state index contributed by atoms with van der Waals surface area (Å²) in [6.07, 6.45) is 0.375. The number of hydrogen-bond acceptors (Lipinski definition) is 4. The van der Waals surface area contributed by atoms with E-state index in [1.54, 1.807) is 0 Å². The summed E-state index contributed by atoms with van der Waals surface area (Å²) in [5, 5.41) is 2.90. The number of benzene rings is 1. The Morgan fingerprint density at radius 2 is 2.05 bits per heavy atom. The van der Waals surface area contributed by atoms with Gasteiger partial charge in [0.15, 0.2) is 0 Å². The summed E-state index contributed by atoms with van der Waals surface area (Å²) in [5.74, 6) is -0.000666. The minimum absolute atomic E-state index is 0.000666. The van der Waals surface area contributed by atoms with Crippen molar-refractivity contribution in [2.75, 3.05) is 37.7 Å². The zero-order valence-corrected chi connectivity index (χ0v) is 11.1. The summed E-state index contributed by atoms with van der Waals surface area (Å²) in [6, 6.07) is 8.16. The van der Waals surface area contributed by atoms with Crippen LogP contribution in [0.15, 0.2) is 24.3 Å². The van der Waals surface area contributed by atoms with E-state index in [2.05, 4.69) is 16.3 Å². The fraction of sp³-hybridized carbons (Fsp3) is 0.500. The third-order valence-corrected chi connectivity index (χ3v) is 3.19. The monoisotopic (exact) mass is 263 g/mol. The van der Waals surface area contributed by atoms with E-state index in [4.69, 9.17) is 10.5 Å². The number of para-hydroxylation sites is 1. The molecule has 0 unspecified atom stereocenters. The molecule has 19 heavy (non-hydrogen) atoms. The largest absolute Gasteiger partial charge is 0.378 e. The molecule has 3 N–H and O–H groups in total. The Kier molecular flexibility index (Phi) is 5.18. The first-order valence-electron chi connectivity index (χ1n) is 6.68. The second-order valence-corrected chi connectivity index (χ2v) is 4.54. The molecule has 0 bridgehead atoms. The third kappa shape index (κ3) is 3.94. The average Bonchev–Trinajstić information content (AvgIpc) is 2.47. The minimum atomic E-state index is -0.000666. The zero-order valence-electron chi connectivity index (χ0n) is 11.1. The van der Waals surface area contributed by atoms with Gasteiger partial charge in [0.25, 0.3) is 0 Å². The standard InChI is InChI=1S/C14H21N3O2/c15-6-5-14(18)16-11-12-3-1-2-4-13(12)17-7-9-19-10-8-17/h1-4H,5-11,15H2,(H,16,18). The first kappa shape index (κ1) is 13.8. The quantitative estimate of drug-likeness (QED) is 0.811. The smallest absolute Gasteiger partial charge is 0.221 e. The first-order chi connectivity index (χ1) is 9.31. The summed E-state index contributed by atoms with van der Waals surface area (Å²) in [7, 11) is 0. The summed E-state index contributed by atoms with van der Waals surface area (Å²) in [4.78, 5) is 13.8. The predicted octanol–water partition coefficient (Wildman–Crippen LogP) is 0.488. The summed E-state index contributed by atoms with van der Waals surface area (Å²) in [6.45, 7) is 4.24. The van der Waals surface area contributed by atoms with Gasteiger partial charge in [-0.15, -0.1) is 0 Å². The summed E-state index contributed by atoms with van der Waals surface area (Å²) >= 11 is 0. The van der Waals surface area contributed by atoms with E-state index in [0.29, 0.717) is 19.5 Å². The molecule has 1 saturated heterocycles. The van der Waals surface area contributed by atoms with Crippen LogP contribution in [-0.4, -0.2) is 38.8 Å². The highest BCUT2D eigenvalue weighted by molar-refractivity contribution is 5.76. The molecule has 0 radical (unpaired) electrons. The van der Waals surface area contributed by atoms with E-state index >= 15 is 0 Å². The number of ether oxygens (including phenoxy) is 1. The Morgan fingerprint density at radius 3 is 2.79 bits per heavy atom. The van der Waals surface area contributed by atoms with Crippen LogP contribution in [0, 0.1) is 0 Å². The van der Waals surface area contributed by atoms with Crippen molar-refractivity contribution in [2.24, 2.45) is 5.73 Å². The molecule has 1 fully saturated rings. The van der Waals surface area contributed by atoms with Gasteiger partial charge in [-0.25, -0.2) is 0 Å². The number of hydrogen-bond donors (Lipinski definition) is 2. The molecule has 1 amide bonds. The van der Waals surface area contributed by atoms with Gasteiger partial charge < -0.3 is 20.7 Å². The zero-order chi connectivity index (χ0) is 13.5. The molecule has 5 heteroatoms. The van der Waals surface area contributed by atoms with Crippen LogP contribution in [0.1, 0.15) is 12.0 Å². The van der Waals surface area contributed by atoms with Crippen molar-refractivity contribution in [3.05, 3.63) is 29.8 Å². The SMILES string of the molecule is NCCC(=O)NCc1ccccc1N1CCOCC1. The van der Waals surface area contributed by atoms with E-state index < -0.39 is 0 Å². The maximum Gasteiger partial charge on any atom is 0.221 e. The summed E-state index contributed by atoms with van der Waals surface area (Å²) < 4.78 is 5.37. The summed E-state index contributed by atoms with van der Waals surface area (Å²) in [5.41, 5.74) is 7.68. The normalized spacial score (nSPS) is 15.3. The minimum Gasteiger partial charge on any atom is -0.378 e. The number of morpholine rings is 1. The van der Waals surface area contributed by atoms with Crippen LogP contribution in [0.25, 0.3) is 0 Å². The molecule has 1 aromatic carbocycles. The van der Waals surface area contributed by atoms with Crippen molar-refractivity contribution in [3.8, 4) is 0 Å². The Hall–Kier alpha value is -1.59. The molecular weight excluding hydrogens is 242 g/mol. The van der Waals surface area contributed by atoms with Crippen molar-refractivity contribution in [1.82, 2.24) is 5.32 Å². The molecule has 104 valence electrons. The fourth-order valence-corrected chi connectivity index (χ4v) is 2.19. The molecule has 1 heterocycles. The van der Waals surface area contributed by atoms with E-state index in [9.17, 15) is 4.79 Å². The van der Waals surface area contributed by atoms with Crippen LogP contribution in [0.2, 0.25) is 0 Å². The van der Waals surface area contributed by atoms with Gasteiger partial charge in [0, 0.05) is 38.3 Å². The fourth-order valence-electron chi connectivity index (χ4n) is 2.19. The lowest BCUT2D eigenvalue weighted by Gasteiger charge is -2.30. The van der Waals surface area contributed by atoms with Gasteiger partial charge in [-0.05, 0) is 11.6 Å². The lowest BCUT2D eigenvalue weighted by Crippen LogP contribution is -2.37. The highest BCUT2D eigenvalue weighted by atomic mass is 16.5. The molecule has 2 rings (SSSR count). The highest BCUT2D eigenvalue weighted by Crippen LogP contribution is 2.21. The maximum atomic E-state index is 11.5. The van der Waals surface area contributed by atoms with Crippen LogP contribution < -0.4 is 16.0 Å².